The first-order valence-corrected chi connectivity index (χ1v) is 9.52. The number of hydrogen-bond acceptors (Lipinski definition) is 5. The fourth-order valence-corrected chi connectivity index (χ4v) is 3.49. The van der Waals surface area contributed by atoms with E-state index >= 15 is 0 Å². The number of halogens is 1. The Labute approximate surface area is 183 Å². The molecule has 10 heteroatoms. The van der Waals surface area contributed by atoms with Gasteiger partial charge in [-0.25, -0.2) is 0 Å². The molecule has 0 saturated carbocycles. The third-order valence-electron chi connectivity index (χ3n) is 5.21. The van der Waals surface area contributed by atoms with Crippen molar-refractivity contribution in [1.82, 2.24) is 20.0 Å². The van der Waals surface area contributed by atoms with Gasteiger partial charge in [0.2, 0.25) is 5.91 Å². The number of hydrogen-bond donors (Lipinski definition) is 1. The Morgan fingerprint density at radius 3 is 2.71 bits per heavy atom. The third kappa shape index (κ3) is 5.35. The molecule has 2 fully saturated rings. The second-order valence-corrected chi connectivity index (χ2v) is 7.01. The highest BCUT2D eigenvalue weighted by molar-refractivity contribution is 14.0. The van der Waals surface area contributed by atoms with Crippen LogP contribution in [-0.4, -0.2) is 85.2 Å². The number of carbonyl (C=O) groups is 1. The number of aliphatic imine (C=N–C) groups is 1. The second-order valence-electron chi connectivity index (χ2n) is 7.01. The maximum absolute atomic E-state index is 12.7. The number of nitrogens with one attached hydrogen (secondary N) is 1. The number of nitrogens with zero attached hydrogens (tertiary/aromatic N) is 5. The average Bonchev–Trinajstić information content (AvgIpc) is 3.12. The summed E-state index contributed by atoms with van der Waals surface area (Å²) in [6, 6.07) is 0. The molecule has 0 bridgehead atoms. The zero-order chi connectivity index (χ0) is 19.3. The van der Waals surface area contributed by atoms with E-state index in [2.05, 4.69) is 10.4 Å². The number of ether oxygens (including phenoxy) is 2. The van der Waals surface area contributed by atoms with Crippen molar-refractivity contribution < 1.29 is 14.3 Å². The van der Waals surface area contributed by atoms with Gasteiger partial charge in [-0.3, -0.25) is 14.5 Å². The molecule has 2 saturated heterocycles. The van der Waals surface area contributed by atoms with Gasteiger partial charge in [0.1, 0.15) is 6.54 Å². The van der Waals surface area contributed by atoms with E-state index in [-0.39, 0.29) is 35.5 Å². The van der Waals surface area contributed by atoms with Gasteiger partial charge in [0.05, 0.1) is 24.0 Å². The summed E-state index contributed by atoms with van der Waals surface area (Å²) < 4.78 is 12.9. The number of aryl methyl sites for hydroxylation is 1. The van der Waals surface area contributed by atoms with Crippen LogP contribution in [0.2, 0.25) is 0 Å². The van der Waals surface area contributed by atoms with E-state index in [0.29, 0.717) is 32.8 Å². The summed E-state index contributed by atoms with van der Waals surface area (Å²) in [6.07, 6.45) is 5.25. The number of anilines is 1. The van der Waals surface area contributed by atoms with E-state index in [1.165, 1.54) is 0 Å². The first kappa shape index (κ1) is 22.9. The molecule has 28 heavy (non-hydrogen) atoms. The van der Waals surface area contributed by atoms with Crippen molar-refractivity contribution in [2.45, 2.75) is 25.4 Å². The molecule has 158 valence electrons. The van der Waals surface area contributed by atoms with Crippen LogP contribution >= 0.6 is 24.0 Å². The van der Waals surface area contributed by atoms with Crippen molar-refractivity contribution in [1.29, 1.82) is 0 Å². The summed E-state index contributed by atoms with van der Waals surface area (Å²) in [5, 5.41) is 7.47. The van der Waals surface area contributed by atoms with Crippen LogP contribution in [0, 0.1) is 0 Å². The van der Waals surface area contributed by atoms with Gasteiger partial charge in [-0.1, -0.05) is 0 Å². The lowest BCUT2D eigenvalue weighted by atomic mass is 9.94. The lowest BCUT2D eigenvalue weighted by Crippen LogP contribution is -2.55. The Balaban J connectivity index is 0.00000280. The zero-order valence-corrected chi connectivity index (χ0v) is 19.2. The van der Waals surface area contributed by atoms with Crippen LogP contribution in [0.4, 0.5) is 5.69 Å². The minimum Gasteiger partial charge on any atom is -0.381 e. The summed E-state index contributed by atoms with van der Waals surface area (Å²) in [6.45, 7) is 6.36. The molecule has 0 aliphatic carbocycles. The smallest absolute Gasteiger partial charge is 0.246 e. The summed E-state index contributed by atoms with van der Waals surface area (Å²) in [5.41, 5.74) is 0.560. The molecule has 1 aromatic rings. The van der Waals surface area contributed by atoms with Gasteiger partial charge < -0.3 is 24.6 Å². The quantitative estimate of drug-likeness (QED) is 0.362. The first-order chi connectivity index (χ1) is 13.1. The van der Waals surface area contributed by atoms with Crippen LogP contribution < -0.4 is 10.2 Å². The van der Waals surface area contributed by atoms with Crippen molar-refractivity contribution in [2.75, 3.05) is 57.9 Å². The highest BCUT2D eigenvalue weighted by atomic mass is 127. The average molecular weight is 506 g/mol. The molecule has 0 spiro atoms. The normalized spacial score (nSPS) is 20.1. The molecular weight excluding hydrogens is 475 g/mol. The number of amides is 1. The van der Waals surface area contributed by atoms with E-state index in [4.69, 9.17) is 14.5 Å². The number of piperazine rings is 1. The Kier molecular flexibility index (Phi) is 8.50. The monoisotopic (exact) mass is 506 g/mol. The van der Waals surface area contributed by atoms with Crippen molar-refractivity contribution in [3.63, 3.8) is 0 Å². The molecule has 0 radical (unpaired) electrons. The molecule has 2 aliphatic rings. The van der Waals surface area contributed by atoms with E-state index in [0.717, 1.165) is 37.6 Å². The molecule has 0 atom stereocenters. The van der Waals surface area contributed by atoms with Crippen LogP contribution in [0.15, 0.2) is 17.4 Å². The van der Waals surface area contributed by atoms with Crippen LogP contribution in [0.1, 0.15) is 19.8 Å². The molecule has 3 rings (SSSR count). The van der Waals surface area contributed by atoms with Gasteiger partial charge in [-0.2, -0.15) is 5.10 Å². The van der Waals surface area contributed by atoms with Gasteiger partial charge in [0.25, 0.3) is 0 Å². The Hall–Kier alpha value is -1.40. The fourth-order valence-electron chi connectivity index (χ4n) is 3.49. The van der Waals surface area contributed by atoms with E-state index in [1.807, 2.05) is 25.1 Å². The number of methoxy groups -OCH3 is 1. The predicted molar refractivity (Wildman–Crippen MR) is 118 cm³/mol. The molecule has 1 aromatic heterocycles. The molecular formula is C18H31IN6O3. The molecule has 9 nitrogen and oxygen atoms in total. The van der Waals surface area contributed by atoms with E-state index < -0.39 is 0 Å². The topological polar surface area (TPSA) is 84.2 Å². The highest BCUT2D eigenvalue weighted by Crippen LogP contribution is 2.25. The Morgan fingerprint density at radius 1 is 1.39 bits per heavy atom. The van der Waals surface area contributed by atoms with Crippen molar-refractivity contribution in [3.05, 3.63) is 12.4 Å². The second kappa shape index (κ2) is 10.4. The zero-order valence-electron chi connectivity index (χ0n) is 16.9. The maximum atomic E-state index is 12.7. The summed E-state index contributed by atoms with van der Waals surface area (Å²) in [5.74, 6) is 0.812. The fraction of sp³-hybridized carbons (Fsp3) is 0.722. The summed E-state index contributed by atoms with van der Waals surface area (Å²) in [4.78, 5) is 21.3. The lowest BCUT2D eigenvalue weighted by Gasteiger charge is -2.37. The van der Waals surface area contributed by atoms with Gasteiger partial charge in [0.15, 0.2) is 5.96 Å². The third-order valence-corrected chi connectivity index (χ3v) is 5.21. The van der Waals surface area contributed by atoms with Gasteiger partial charge in [0, 0.05) is 66.0 Å². The Bertz CT molecular complexity index is 674. The molecule has 1 N–H and O–H groups in total. The SMILES string of the molecule is CCNC(=NCC1(OC)CCOCC1)N1CCN(c2cnn(C)c2)C(=O)C1.I. The van der Waals surface area contributed by atoms with Crippen LogP contribution in [0.3, 0.4) is 0 Å². The standard InChI is InChI=1S/C18H30N6O3.HI/c1-4-19-17(20-14-18(26-3)5-9-27-10-6-18)23-7-8-24(16(25)13-23)15-11-21-22(2)12-15;/h11-12H,4-10,13-14H2,1-3H3,(H,19,20);1H. The first-order valence-electron chi connectivity index (χ1n) is 9.52. The number of carbonyl (C=O) groups excluding carboxylic acids is 1. The minimum atomic E-state index is -0.277. The van der Waals surface area contributed by atoms with Crippen molar-refractivity contribution >= 4 is 41.5 Å². The van der Waals surface area contributed by atoms with E-state index in [9.17, 15) is 4.79 Å². The predicted octanol–water partition coefficient (Wildman–Crippen LogP) is 0.848. The molecule has 0 unspecified atom stereocenters. The van der Waals surface area contributed by atoms with Crippen molar-refractivity contribution in [3.8, 4) is 0 Å². The minimum absolute atomic E-state index is 0. The molecule has 1 amide bonds. The molecule has 2 aliphatic heterocycles. The summed E-state index contributed by atoms with van der Waals surface area (Å²) >= 11 is 0. The van der Waals surface area contributed by atoms with Crippen LogP contribution in [0.25, 0.3) is 0 Å². The van der Waals surface area contributed by atoms with E-state index in [1.54, 1.807) is 22.9 Å². The summed E-state index contributed by atoms with van der Waals surface area (Å²) in [7, 11) is 3.59. The van der Waals surface area contributed by atoms with Gasteiger partial charge in [-0.15, -0.1) is 24.0 Å². The molecule has 0 aromatic carbocycles. The van der Waals surface area contributed by atoms with Gasteiger partial charge >= 0.3 is 0 Å². The van der Waals surface area contributed by atoms with Crippen LogP contribution in [0.5, 0.6) is 0 Å². The Morgan fingerprint density at radius 2 is 2.14 bits per heavy atom. The lowest BCUT2D eigenvalue weighted by molar-refractivity contribution is -0.120. The maximum Gasteiger partial charge on any atom is 0.246 e. The van der Waals surface area contributed by atoms with Gasteiger partial charge in [-0.05, 0) is 6.92 Å². The largest absolute Gasteiger partial charge is 0.381 e. The van der Waals surface area contributed by atoms with Crippen molar-refractivity contribution in [2.24, 2.45) is 12.0 Å². The highest BCUT2D eigenvalue weighted by Gasteiger charge is 2.33. The number of guanidine groups is 1. The molecule has 3 heterocycles. The number of aromatic nitrogens is 2. The van der Waals surface area contributed by atoms with Crippen LogP contribution in [-0.2, 0) is 21.3 Å². The number of rotatable bonds is 5.